The van der Waals surface area contributed by atoms with Gasteiger partial charge in [0.25, 0.3) is 0 Å². The molecular formula is C7H14N2O. The van der Waals surface area contributed by atoms with E-state index in [1.807, 2.05) is 0 Å². The van der Waals surface area contributed by atoms with E-state index in [0.717, 1.165) is 25.9 Å². The second-order valence-electron chi connectivity index (χ2n) is 3.24. The molecule has 0 amide bonds. The lowest BCUT2D eigenvalue weighted by molar-refractivity contribution is -0.0470. The number of hydrogen-bond acceptors (Lipinski definition) is 3. The Morgan fingerprint density at radius 1 is 1.40 bits per heavy atom. The van der Waals surface area contributed by atoms with Gasteiger partial charge >= 0.3 is 0 Å². The minimum atomic E-state index is 0.252. The summed E-state index contributed by atoms with van der Waals surface area (Å²) in [5.41, 5.74) is 5.80. The quantitative estimate of drug-likeness (QED) is 0.493. The van der Waals surface area contributed by atoms with Crippen LogP contribution in [0.3, 0.4) is 0 Å². The van der Waals surface area contributed by atoms with Crippen molar-refractivity contribution in [1.29, 1.82) is 0 Å². The van der Waals surface area contributed by atoms with Crippen LogP contribution in [0.2, 0.25) is 0 Å². The maximum Gasteiger partial charge on any atom is 0.109 e. The van der Waals surface area contributed by atoms with Gasteiger partial charge in [-0.15, -0.1) is 0 Å². The van der Waals surface area contributed by atoms with Gasteiger partial charge in [-0.05, 0) is 12.8 Å². The van der Waals surface area contributed by atoms with Gasteiger partial charge in [-0.2, -0.15) is 0 Å². The summed E-state index contributed by atoms with van der Waals surface area (Å²) in [5.74, 6) is 0. The van der Waals surface area contributed by atoms with Crippen molar-refractivity contribution in [3.8, 4) is 0 Å². The van der Waals surface area contributed by atoms with Crippen LogP contribution in [0.25, 0.3) is 0 Å². The van der Waals surface area contributed by atoms with Crippen LogP contribution >= 0.6 is 0 Å². The van der Waals surface area contributed by atoms with Crippen LogP contribution < -0.4 is 11.1 Å². The highest BCUT2D eigenvalue weighted by atomic mass is 16.5. The molecule has 2 heterocycles. The number of hydrogen-bond donors (Lipinski definition) is 2. The molecule has 0 spiro atoms. The number of nitrogens with one attached hydrogen (secondary N) is 1. The molecule has 2 rings (SSSR count). The van der Waals surface area contributed by atoms with Crippen LogP contribution in [0.15, 0.2) is 0 Å². The summed E-state index contributed by atoms with van der Waals surface area (Å²) in [6.07, 6.45) is 3.49. The van der Waals surface area contributed by atoms with E-state index in [0.29, 0.717) is 12.1 Å². The highest BCUT2D eigenvalue weighted by Crippen LogP contribution is 2.19. The Balaban J connectivity index is 1.98. The maximum atomic E-state index is 5.80. The zero-order valence-electron chi connectivity index (χ0n) is 6.05. The summed E-state index contributed by atoms with van der Waals surface area (Å²) >= 11 is 0. The van der Waals surface area contributed by atoms with Crippen molar-refractivity contribution < 1.29 is 4.74 Å². The van der Waals surface area contributed by atoms with E-state index in [9.17, 15) is 0 Å². The zero-order chi connectivity index (χ0) is 6.97. The summed E-state index contributed by atoms with van der Waals surface area (Å²) < 4.78 is 5.43. The van der Waals surface area contributed by atoms with E-state index in [1.165, 1.54) is 0 Å². The zero-order valence-corrected chi connectivity index (χ0v) is 6.05. The maximum absolute atomic E-state index is 5.80. The van der Waals surface area contributed by atoms with E-state index in [1.54, 1.807) is 0 Å². The van der Waals surface area contributed by atoms with Gasteiger partial charge in [-0.1, -0.05) is 0 Å². The lowest BCUT2D eigenvalue weighted by Crippen LogP contribution is -2.54. The molecule has 0 aromatic heterocycles. The lowest BCUT2D eigenvalue weighted by atomic mass is 9.95. The Morgan fingerprint density at radius 3 is 3.10 bits per heavy atom. The first-order valence-electron chi connectivity index (χ1n) is 3.98. The molecule has 0 aromatic carbocycles. The number of ether oxygens (including phenoxy) is 1. The van der Waals surface area contributed by atoms with E-state index < -0.39 is 0 Å². The molecule has 3 N–H and O–H groups in total. The summed E-state index contributed by atoms with van der Waals surface area (Å²) in [7, 11) is 0. The molecule has 2 aliphatic rings. The summed E-state index contributed by atoms with van der Waals surface area (Å²) in [5, 5.41) is 3.38. The number of nitrogens with two attached hydrogens (primary N) is 1. The third-order valence-electron chi connectivity index (χ3n) is 2.31. The average Bonchev–Trinajstić information content (AvgIpc) is 1.85. The van der Waals surface area contributed by atoms with Crippen molar-refractivity contribution in [2.24, 2.45) is 5.73 Å². The second kappa shape index (κ2) is 2.49. The van der Waals surface area contributed by atoms with Crippen LogP contribution in [-0.4, -0.2) is 24.9 Å². The molecule has 3 atom stereocenters. The average molecular weight is 142 g/mol. The molecule has 0 aromatic rings. The first-order valence-corrected chi connectivity index (χ1v) is 3.98. The molecule has 2 aliphatic heterocycles. The van der Waals surface area contributed by atoms with Crippen LogP contribution in [0.4, 0.5) is 0 Å². The third kappa shape index (κ3) is 1.17. The van der Waals surface area contributed by atoms with Crippen LogP contribution in [0.5, 0.6) is 0 Å². The number of fused-ring (bicyclic) bond motifs is 2. The topological polar surface area (TPSA) is 47.3 Å². The monoisotopic (exact) mass is 142 g/mol. The van der Waals surface area contributed by atoms with Gasteiger partial charge in [0.1, 0.15) is 6.23 Å². The van der Waals surface area contributed by atoms with Crippen LogP contribution in [0, 0.1) is 0 Å². The number of piperidine rings is 1. The normalized spacial score (nSPS) is 47.1. The fraction of sp³-hybridized carbons (Fsp3) is 1.00. The molecule has 0 saturated carbocycles. The Morgan fingerprint density at radius 2 is 2.30 bits per heavy atom. The fourth-order valence-corrected chi connectivity index (χ4v) is 1.81. The lowest BCUT2D eigenvalue weighted by Gasteiger charge is -2.38. The van der Waals surface area contributed by atoms with Gasteiger partial charge in [-0.3, -0.25) is 5.32 Å². The minimum Gasteiger partial charge on any atom is -0.363 e. The van der Waals surface area contributed by atoms with Gasteiger partial charge in [0.15, 0.2) is 0 Å². The van der Waals surface area contributed by atoms with Crippen molar-refractivity contribution in [3.63, 3.8) is 0 Å². The SMILES string of the molecule is NC1CC2CCOC(C1)N2. The third-order valence-corrected chi connectivity index (χ3v) is 2.31. The van der Waals surface area contributed by atoms with Gasteiger partial charge in [0.2, 0.25) is 0 Å². The van der Waals surface area contributed by atoms with Crippen LogP contribution in [0.1, 0.15) is 19.3 Å². The predicted molar refractivity (Wildman–Crippen MR) is 38.5 cm³/mol. The molecule has 0 aliphatic carbocycles. The molecule has 2 fully saturated rings. The van der Waals surface area contributed by atoms with E-state index in [4.69, 9.17) is 10.5 Å². The molecule has 3 nitrogen and oxygen atoms in total. The summed E-state index contributed by atoms with van der Waals surface area (Å²) in [4.78, 5) is 0. The smallest absolute Gasteiger partial charge is 0.109 e. The second-order valence-corrected chi connectivity index (χ2v) is 3.24. The van der Waals surface area contributed by atoms with Gasteiger partial charge < -0.3 is 10.5 Å². The van der Waals surface area contributed by atoms with Crippen molar-refractivity contribution in [1.82, 2.24) is 5.32 Å². The fourth-order valence-electron chi connectivity index (χ4n) is 1.81. The molecule has 2 saturated heterocycles. The molecule has 3 unspecified atom stereocenters. The van der Waals surface area contributed by atoms with Crippen molar-refractivity contribution in [2.45, 2.75) is 37.6 Å². The molecule has 58 valence electrons. The first-order chi connectivity index (χ1) is 4.84. The molecule has 3 heteroatoms. The highest BCUT2D eigenvalue weighted by molar-refractivity contribution is 4.85. The van der Waals surface area contributed by atoms with Gasteiger partial charge in [-0.25, -0.2) is 0 Å². The predicted octanol–water partition coefficient (Wildman–Crippen LogP) is -0.188. The Labute approximate surface area is 60.9 Å². The summed E-state index contributed by atoms with van der Waals surface area (Å²) in [6, 6.07) is 0.985. The molecule has 0 radical (unpaired) electrons. The molecule has 10 heavy (non-hydrogen) atoms. The minimum absolute atomic E-state index is 0.252. The van der Waals surface area contributed by atoms with E-state index in [-0.39, 0.29) is 6.23 Å². The Hall–Kier alpha value is -0.120. The van der Waals surface area contributed by atoms with Gasteiger partial charge in [0, 0.05) is 18.5 Å². The largest absolute Gasteiger partial charge is 0.363 e. The van der Waals surface area contributed by atoms with E-state index >= 15 is 0 Å². The van der Waals surface area contributed by atoms with Crippen molar-refractivity contribution >= 4 is 0 Å². The summed E-state index contributed by atoms with van der Waals surface area (Å²) in [6.45, 7) is 0.912. The Kier molecular flexibility index (Phi) is 1.64. The molecule has 2 bridgehead atoms. The van der Waals surface area contributed by atoms with Crippen molar-refractivity contribution in [2.75, 3.05) is 6.61 Å². The highest BCUT2D eigenvalue weighted by Gasteiger charge is 2.29. The molecular weight excluding hydrogens is 128 g/mol. The first kappa shape index (κ1) is 6.58. The van der Waals surface area contributed by atoms with E-state index in [2.05, 4.69) is 5.32 Å². The Bertz CT molecular complexity index is 113. The van der Waals surface area contributed by atoms with Gasteiger partial charge in [0.05, 0.1) is 6.61 Å². The van der Waals surface area contributed by atoms with Crippen molar-refractivity contribution in [3.05, 3.63) is 0 Å². The number of rotatable bonds is 0. The van der Waals surface area contributed by atoms with Crippen LogP contribution in [-0.2, 0) is 4.74 Å². The standard InChI is InChI=1S/C7H14N2O/c8-5-3-6-1-2-10-7(4-5)9-6/h5-7,9H,1-4,8H2.